The third-order valence-corrected chi connectivity index (χ3v) is 3.62. The van der Waals surface area contributed by atoms with E-state index in [1.54, 1.807) is 33.9 Å². The number of halogens is 1. The summed E-state index contributed by atoms with van der Waals surface area (Å²) < 4.78 is 6.22. The number of ether oxygens (including phenoxy) is 1. The van der Waals surface area contributed by atoms with E-state index in [0.717, 1.165) is 10.0 Å². The lowest BCUT2D eigenvalue weighted by Crippen LogP contribution is -2.38. The van der Waals surface area contributed by atoms with Crippen LogP contribution in [0.4, 0.5) is 10.5 Å². The van der Waals surface area contributed by atoms with E-state index in [2.05, 4.69) is 27.5 Å². The minimum absolute atomic E-state index is 0.0607. The number of pyridine rings is 1. The molecular formula is C16H20BrN3O2. The van der Waals surface area contributed by atoms with Gasteiger partial charge in [0.1, 0.15) is 5.60 Å². The van der Waals surface area contributed by atoms with Gasteiger partial charge in [0.25, 0.3) is 0 Å². The van der Waals surface area contributed by atoms with Gasteiger partial charge in [-0.25, -0.2) is 4.79 Å². The van der Waals surface area contributed by atoms with Crippen LogP contribution in [0.5, 0.6) is 0 Å². The van der Waals surface area contributed by atoms with Gasteiger partial charge in [-0.05, 0) is 56.1 Å². The summed E-state index contributed by atoms with van der Waals surface area (Å²) in [6.07, 6.45) is 1.15. The van der Waals surface area contributed by atoms with E-state index in [1.165, 1.54) is 4.90 Å². The predicted molar refractivity (Wildman–Crippen MR) is 89.7 cm³/mol. The molecule has 0 aliphatic heterocycles. The van der Waals surface area contributed by atoms with Crippen molar-refractivity contribution in [3.63, 3.8) is 0 Å². The second-order valence-electron chi connectivity index (χ2n) is 5.95. The highest BCUT2D eigenvalue weighted by atomic mass is 79.9. The molecule has 0 aromatic carbocycles. The number of hydrogen-bond acceptors (Lipinski definition) is 4. The van der Waals surface area contributed by atoms with Gasteiger partial charge in [0, 0.05) is 16.2 Å². The normalized spacial score (nSPS) is 10.8. The first kappa shape index (κ1) is 18.2. The Kier molecular flexibility index (Phi) is 5.72. The zero-order valence-electron chi connectivity index (χ0n) is 13.5. The predicted octanol–water partition coefficient (Wildman–Crippen LogP) is 4.28. The maximum atomic E-state index is 12.5. The Labute approximate surface area is 139 Å². The summed E-state index contributed by atoms with van der Waals surface area (Å²) in [7, 11) is 0. The molecule has 5 nitrogen and oxygen atoms in total. The number of nitrogens with zero attached hydrogens (tertiary/aromatic N) is 3. The third kappa shape index (κ3) is 4.57. The van der Waals surface area contributed by atoms with Crippen molar-refractivity contribution in [1.29, 1.82) is 5.26 Å². The molecule has 0 atom stereocenters. The van der Waals surface area contributed by atoms with Gasteiger partial charge in [0.15, 0.2) is 0 Å². The van der Waals surface area contributed by atoms with Crippen LogP contribution < -0.4 is 4.90 Å². The van der Waals surface area contributed by atoms with Crippen molar-refractivity contribution >= 4 is 27.7 Å². The van der Waals surface area contributed by atoms with Gasteiger partial charge in [-0.3, -0.25) is 9.88 Å². The molecule has 1 aromatic rings. The zero-order valence-corrected chi connectivity index (χ0v) is 15.1. The number of aryl methyl sites for hydroxylation is 1. The molecule has 0 saturated heterocycles. The third-order valence-electron chi connectivity index (χ3n) is 2.82. The fraction of sp³-hybridized carbons (Fsp3) is 0.438. The highest BCUT2D eigenvalue weighted by molar-refractivity contribution is 9.10. The van der Waals surface area contributed by atoms with Gasteiger partial charge in [0.2, 0.25) is 0 Å². The molecular weight excluding hydrogens is 346 g/mol. The molecule has 0 saturated carbocycles. The fourth-order valence-corrected chi connectivity index (χ4v) is 2.16. The molecule has 0 unspecified atom stereocenters. The zero-order chi connectivity index (χ0) is 17.1. The first-order valence-corrected chi connectivity index (χ1v) is 7.56. The summed E-state index contributed by atoms with van der Waals surface area (Å²) in [6, 6.07) is 1.96. The summed E-state index contributed by atoms with van der Waals surface area (Å²) in [4.78, 5) is 18.2. The number of hydrogen-bond donors (Lipinski definition) is 0. The molecule has 118 valence electrons. The molecule has 0 radical (unpaired) electrons. The van der Waals surface area contributed by atoms with E-state index in [9.17, 15) is 4.79 Å². The molecule has 1 rings (SSSR count). The van der Waals surface area contributed by atoms with Crippen LogP contribution in [0.2, 0.25) is 0 Å². The van der Waals surface area contributed by atoms with Gasteiger partial charge < -0.3 is 4.74 Å². The molecule has 1 aromatic heterocycles. The van der Waals surface area contributed by atoms with E-state index in [0.29, 0.717) is 11.4 Å². The van der Waals surface area contributed by atoms with Crippen molar-refractivity contribution in [2.24, 2.45) is 0 Å². The molecule has 0 fully saturated rings. The largest absolute Gasteiger partial charge is 0.443 e. The Morgan fingerprint density at radius 1 is 1.50 bits per heavy atom. The van der Waals surface area contributed by atoms with Crippen LogP contribution in [0.1, 0.15) is 32.0 Å². The SMILES string of the molecule is C=C(C#N)CN(C(=O)OC(C)(C)C)c1c(C)ncc(Br)c1C. The highest BCUT2D eigenvalue weighted by Crippen LogP contribution is 2.30. The molecule has 0 bridgehead atoms. The number of carbonyl (C=O) groups excluding carboxylic acids is 1. The minimum Gasteiger partial charge on any atom is -0.443 e. The van der Waals surface area contributed by atoms with Crippen molar-refractivity contribution in [2.45, 2.75) is 40.2 Å². The second-order valence-corrected chi connectivity index (χ2v) is 6.80. The molecule has 22 heavy (non-hydrogen) atoms. The highest BCUT2D eigenvalue weighted by Gasteiger charge is 2.27. The van der Waals surface area contributed by atoms with Crippen molar-refractivity contribution in [1.82, 2.24) is 4.98 Å². The monoisotopic (exact) mass is 365 g/mol. The van der Waals surface area contributed by atoms with Crippen LogP contribution in [0.15, 0.2) is 22.8 Å². The van der Waals surface area contributed by atoms with Gasteiger partial charge in [0.05, 0.1) is 24.0 Å². The molecule has 6 heteroatoms. The van der Waals surface area contributed by atoms with Crippen molar-refractivity contribution < 1.29 is 9.53 Å². The summed E-state index contributed by atoms with van der Waals surface area (Å²) in [6.45, 7) is 12.8. The smallest absolute Gasteiger partial charge is 0.415 e. The van der Waals surface area contributed by atoms with Crippen LogP contribution >= 0.6 is 15.9 Å². The Morgan fingerprint density at radius 3 is 2.59 bits per heavy atom. The first-order chi connectivity index (χ1) is 10.1. The lowest BCUT2D eigenvalue weighted by molar-refractivity contribution is 0.0583. The number of nitriles is 1. The molecule has 1 heterocycles. The van der Waals surface area contributed by atoms with Crippen LogP contribution in [0.3, 0.4) is 0 Å². The lowest BCUT2D eigenvalue weighted by Gasteiger charge is -2.29. The standard InChI is InChI=1S/C16H20BrN3O2/c1-10(7-18)9-20(15(21)22-16(4,5)6)14-11(2)13(17)8-19-12(14)3/h8H,1,9H2,2-6H3. The number of aromatic nitrogens is 1. The van der Waals surface area contributed by atoms with Crippen LogP contribution in [-0.4, -0.2) is 23.2 Å². The number of rotatable bonds is 3. The number of carbonyl (C=O) groups is 1. The molecule has 0 aliphatic carbocycles. The minimum atomic E-state index is -0.634. The quantitative estimate of drug-likeness (QED) is 0.749. The molecule has 1 amide bonds. The van der Waals surface area contributed by atoms with Gasteiger partial charge >= 0.3 is 6.09 Å². The molecule has 0 N–H and O–H groups in total. The summed E-state index contributed by atoms with van der Waals surface area (Å²) in [5, 5.41) is 8.98. The van der Waals surface area contributed by atoms with Gasteiger partial charge in [-0.15, -0.1) is 0 Å². The second kappa shape index (κ2) is 6.93. The average Bonchev–Trinajstić information content (AvgIpc) is 2.40. The topological polar surface area (TPSA) is 66.2 Å². The summed E-state index contributed by atoms with van der Waals surface area (Å²) in [5.74, 6) is 0. The van der Waals surface area contributed by atoms with Gasteiger partial charge in [-0.1, -0.05) is 6.58 Å². The molecule has 0 spiro atoms. The molecule has 0 aliphatic rings. The van der Waals surface area contributed by atoms with E-state index >= 15 is 0 Å². The van der Waals surface area contributed by atoms with Crippen LogP contribution in [0.25, 0.3) is 0 Å². The average molecular weight is 366 g/mol. The summed E-state index contributed by atoms with van der Waals surface area (Å²) in [5.41, 5.74) is 1.79. The first-order valence-electron chi connectivity index (χ1n) is 6.77. The number of amides is 1. The Bertz CT molecular complexity index is 642. The Hall–Kier alpha value is -1.87. The van der Waals surface area contributed by atoms with Crippen LogP contribution in [-0.2, 0) is 4.74 Å². The summed E-state index contributed by atoms with van der Waals surface area (Å²) >= 11 is 3.41. The van der Waals surface area contributed by atoms with E-state index < -0.39 is 11.7 Å². The van der Waals surface area contributed by atoms with E-state index in [-0.39, 0.29) is 12.1 Å². The van der Waals surface area contributed by atoms with Crippen molar-refractivity contribution in [2.75, 3.05) is 11.4 Å². The fourth-order valence-electron chi connectivity index (χ4n) is 1.87. The number of anilines is 1. The maximum Gasteiger partial charge on any atom is 0.415 e. The van der Waals surface area contributed by atoms with E-state index in [4.69, 9.17) is 10.00 Å². The van der Waals surface area contributed by atoms with E-state index in [1.807, 2.05) is 13.0 Å². The van der Waals surface area contributed by atoms with Crippen molar-refractivity contribution in [3.05, 3.63) is 34.1 Å². The van der Waals surface area contributed by atoms with Crippen LogP contribution in [0, 0.1) is 25.2 Å². The Morgan fingerprint density at radius 2 is 2.09 bits per heavy atom. The lowest BCUT2D eigenvalue weighted by atomic mass is 10.1. The van der Waals surface area contributed by atoms with Gasteiger partial charge in [-0.2, -0.15) is 5.26 Å². The van der Waals surface area contributed by atoms with Crippen molar-refractivity contribution in [3.8, 4) is 6.07 Å². The maximum absolute atomic E-state index is 12.5. The Balaban J connectivity index is 3.34.